The number of ether oxygens (including phenoxy) is 1. The summed E-state index contributed by atoms with van der Waals surface area (Å²) in [4.78, 5) is 14.8. The first-order chi connectivity index (χ1) is 11.8. The SMILES string of the molecule is CCOC1CC(N)(C(=O)N(C)Cc2ccc3ccccc3c2)C1(C)C.Cl. The van der Waals surface area contributed by atoms with Gasteiger partial charge in [0.1, 0.15) is 5.54 Å². The number of amides is 1. The molecule has 1 amide bonds. The maximum absolute atomic E-state index is 13.0. The molecule has 1 fully saturated rings. The van der Waals surface area contributed by atoms with Crippen molar-refractivity contribution in [2.75, 3.05) is 13.7 Å². The highest BCUT2D eigenvalue weighted by Gasteiger charge is 2.63. The van der Waals surface area contributed by atoms with Gasteiger partial charge in [-0.2, -0.15) is 0 Å². The molecule has 5 heteroatoms. The van der Waals surface area contributed by atoms with E-state index in [-0.39, 0.29) is 29.8 Å². The molecule has 1 saturated carbocycles. The predicted octanol–water partition coefficient (Wildman–Crippen LogP) is 3.75. The molecule has 1 aliphatic carbocycles. The zero-order chi connectivity index (χ0) is 18.2. The van der Waals surface area contributed by atoms with Gasteiger partial charge in [-0.25, -0.2) is 0 Å². The van der Waals surface area contributed by atoms with Gasteiger partial charge in [0.25, 0.3) is 0 Å². The third kappa shape index (κ3) is 3.34. The largest absolute Gasteiger partial charge is 0.378 e. The summed E-state index contributed by atoms with van der Waals surface area (Å²) in [5.74, 6) is -0.0124. The lowest BCUT2D eigenvalue weighted by atomic mass is 9.54. The van der Waals surface area contributed by atoms with Crippen LogP contribution in [0.4, 0.5) is 0 Å². The zero-order valence-electron chi connectivity index (χ0n) is 16.0. The predicted molar refractivity (Wildman–Crippen MR) is 108 cm³/mol. The average molecular weight is 377 g/mol. The Balaban J connectivity index is 0.00000243. The number of benzene rings is 2. The summed E-state index contributed by atoms with van der Waals surface area (Å²) < 4.78 is 5.73. The molecule has 2 unspecified atom stereocenters. The number of carbonyl (C=O) groups excluding carboxylic acids is 1. The van der Waals surface area contributed by atoms with Gasteiger partial charge in [0.15, 0.2) is 0 Å². The Morgan fingerprint density at radius 1 is 1.23 bits per heavy atom. The van der Waals surface area contributed by atoms with Crippen LogP contribution in [0.1, 0.15) is 32.8 Å². The lowest BCUT2D eigenvalue weighted by Gasteiger charge is -2.58. The number of hydrogen-bond acceptors (Lipinski definition) is 3. The first kappa shape index (κ1) is 20.7. The van der Waals surface area contributed by atoms with Gasteiger partial charge in [0.2, 0.25) is 5.91 Å². The van der Waals surface area contributed by atoms with Crippen molar-refractivity contribution in [3.63, 3.8) is 0 Å². The molecule has 2 N–H and O–H groups in total. The number of hydrogen-bond donors (Lipinski definition) is 1. The molecule has 0 radical (unpaired) electrons. The summed E-state index contributed by atoms with van der Waals surface area (Å²) in [7, 11) is 1.83. The van der Waals surface area contributed by atoms with Crippen molar-refractivity contribution in [1.29, 1.82) is 0 Å². The molecule has 0 bridgehead atoms. The van der Waals surface area contributed by atoms with Crippen LogP contribution in [0.5, 0.6) is 0 Å². The van der Waals surface area contributed by atoms with Gasteiger partial charge in [0, 0.05) is 32.0 Å². The monoisotopic (exact) mass is 376 g/mol. The van der Waals surface area contributed by atoms with Crippen LogP contribution in [0, 0.1) is 5.41 Å². The molecule has 0 aromatic heterocycles. The van der Waals surface area contributed by atoms with E-state index in [2.05, 4.69) is 30.3 Å². The molecule has 0 saturated heterocycles. The Morgan fingerprint density at radius 2 is 1.88 bits per heavy atom. The summed E-state index contributed by atoms with van der Waals surface area (Å²) in [5.41, 5.74) is 6.40. The van der Waals surface area contributed by atoms with Gasteiger partial charge in [-0.3, -0.25) is 4.79 Å². The van der Waals surface area contributed by atoms with Crippen molar-refractivity contribution >= 4 is 29.1 Å². The van der Waals surface area contributed by atoms with Crippen LogP contribution in [0.3, 0.4) is 0 Å². The molecular weight excluding hydrogens is 348 g/mol. The minimum absolute atomic E-state index is 0. The minimum Gasteiger partial charge on any atom is -0.378 e. The van der Waals surface area contributed by atoms with E-state index in [0.717, 1.165) is 5.56 Å². The quantitative estimate of drug-likeness (QED) is 0.864. The number of halogens is 1. The van der Waals surface area contributed by atoms with Gasteiger partial charge in [-0.05, 0) is 29.3 Å². The van der Waals surface area contributed by atoms with E-state index in [1.54, 1.807) is 4.90 Å². The van der Waals surface area contributed by atoms with Gasteiger partial charge in [-0.1, -0.05) is 50.2 Å². The van der Waals surface area contributed by atoms with Crippen LogP contribution in [0.2, 0.25) is 0 Å². The van der Waals surface area contributed by atoms with Crippen LogP contribution in [0.25, 0.3) is 10.8 Å². The molecule has 1 aliphatic rings. The first-order valence-electron chi connectivity index (χ1n) is 8.93. The van der Waals surface area contributed by atoms with Crippen molar-refractivity contribution in [2.45, 2.75) is 45.4 Å². The third-order valence-corrected chi connectivity index (χ3v) is 5.79. The van der Waals surface area contributed by atoms with Gasteiger partial charge in [0.05, 0.1) is 6.10 Å². The number of fused-ring (bicyclic) bond motifs is 1. The van der Waals surface area contributed by atoms with Gasteiger partial charge < -0.3 is 15.4 Å². The normalized spacial score (nSPS) is 23.8. The van der Waals surface area contributed by atoms with Crippen molar-refractivity contribution in [1.82, 2.24) is 4.90 Å². The van der Waals surface area contributed by atoms with Crippen LogP contribution in [0.15, 0.2) is 42.5 Å². The molecule has 0 heterocycles. The summed E-state index contributed by atoms with van der Waals surface area (Å²) in [6.45, 7) is 7.22. The molecule has 0 spiro atoms. The number of likely N-dealkylation sites (N-methyl/N-ethyl adjacent to an activating group) is 1. The van der Waals surface area contributed by atoms with Crippen LogP contribution in [-0.2, 0) is 16.1 Å². The molecular formula is C21H29ClN2O2. The lowest BCUT2D eigenvalue weighted by Crippen LogP contribution is -2.75. The van der Waals surface area contributed by atoms with E-state index in [0.29, 0.717) is 19.6 Å². The standard InChI is InChI=1S/C21H28N2O2.ClH/c1-5-25-18-13-21(22,20(18,2)3)19(24)23(4)14-15-10-11-16-8-6-7-9-17(16)12-15;/h6-12,18H,5,13-14,22H2,1-4H3;1H. The summed E-state index contributed by atoms with van der Waals surface area (Å²) >= 11 is 0. The van der Waals surface area contributed by atoms with E-state index in [1.165, 1.54) is 10.8 Å². The molecule has 26 heavy (non-hydrogen) atoms. The minimum atomic E-state index is -0.863. The van der Waals surface area contributed by atoms with E-state index in [1.807, 2.05) is 40.0 Å². The summed E-state index contributed by atoms with van der Waals surface area (Å²) in [5, 5.41) is 2.39. The molecule has 142 valence electrons. The van der Waals surface area contributed by atoms with Crippen LogP contribution in [-0.4, -0.2) is 36.1 Å². The topological polar surface area (TPSA) is 55.6 Å². The molecule has 2 aromatic carbocycles. The Bertz CT molecular complexity index is 792. The van der Waals surface area contributed by atoms with Crippen molar-refractivity contribution in [2.24, 2.45) is 11.1 Å². The van der Waals surface area contributed by atoms with Crippen molar-refractivity contribution in [3.8, 4) is 0 Å². The van der Waals surface area contributed by atoms with Gasteiger partial charge >= 0.3 is 0 Å². The fraction of sp³-hybridized carbons (Fsp3) is 0.476. The Kier molecular flexibility index (Phi) is 6.01. The summed E-state index contributed by atoms with van der Waals surface area (Å²) in [6, 6.07) is 14.5. The second-order valence-electron chi connectivity index (χ2n) is 7.68. The number of nitrogens with zero attached hydrogens (tertiary/aromatic N) is 1. The highest BCUT2D eigenvalue weighted by atomic mass is 35.5. The Hall–Kier alpha value is -1.62. The first-order valence-corrected chi connectivity index (χ1v) is 8.93. The van der Waals surface area contributed by atoms with Gasteiger partial charge in [-0.15, -0.1) is 12.4 Å². The molecule has 2 aromatic rings. The fourth-order valence-electron chi connectivity index (χ4n) is 3.82. The molecule has 0 aliphatic heterocycles. The number of rotatable bonds is 5. The van der Waals surface area contributed by atoms with E-state index < -0.39 is 5.54 Å². The summed E-state index contributed by atoms with van der Waals surface area (Å²) in [6.07, 6.45) is 0.620. The van der Waals surface area contributed by atoms with Crippen molar-refractivity contribution < 1.29 is 9.53 Å². The maximum Gasteiger partial charge on any atom is 0.243 e. The van der Waals surface area contributed by atoms with E-state index in [9.17, 15) is 4.79 Å². The lowest BCUT2D eigenvalue weighted by molar-refractivity contribution is -0.178. The molecule has 2 atom stereocenters. The highest BCUT2D eigenvalue weighted by molar-refractivity contribution is 5.89. The van der Waals surface area contributed by atoms with E-state index in [4.69, 9.17) is 10.5 Å². The highest BCUT2D eigenvalue weighted by Crippen LogP contribution is 2.50. The Morgan fingerprint density at radius 3 is 2.50 bits per heavy atom. The Labute approximate surface area is 162 Å². The molecule has 3 rings (SSSR count). The fourth-order valence-corrected chi connectivity index (χ4v) is 3.82. The van der Waals surface area contributed by atoms with Crippen LogP contribution >= 0.6 is 12.4 Å². The third-order valence-electron chi connectivity index (χ3n) is 5.79. The van der Waals surface area contributed by atoms with E-state index >= 15 is 0 Å². The number of carbonyl (C=O) groups is 1. The zero-order valence-corrected chi connectivity index (χ0v) is 16.8. The maximum atomic E-state index is 13.0. The average Bonchev–Trinajstić information content (AvgIpc) is 2.60. The van der Waals surface area contributed by atoms with Crippen molar-refractivity contribution in [3.05, 3.63) is 48.0 Å². The second kappa shape index (κ2) is 7.55. The molecule has 4 nitrogen and oxygen atoms in total. The smallest absolute Gasteiger partial charge is 0.243 e. The number of nitrogens with two attached hydrogens (primary N) is 1. The van der Waals surface area contributed by atoms with Crippen LogP contribution < -0.4 is 5.73 Å². The second-order valence-corrected chi connectivity index (χ2v) is 7.68.